The highest BCUT2D eigenvalue weighted by molar-refractivity contribution is 6.76. The second-order valence-corrected chi connectivity index (χ2v) is 25.7. The van der Waals surface area contributed by atoms with Crippen molar-refractivity contribution >= 4 is 33.6 Å². The molecule has 0 amide bonds. The molecular formula is C29H52N4O4Si2. The fraction of sp³-hybridized carbons (Fsp3) is 0.759. The summed E-state index contributed by atoms with van der Waals surface area (Å²) in [4.78, 5) is 19.8. The minimum atomic E-state index is -1.18. The van der Waals surface area contributed by atoms with Crippen LogP contribution in [-0.2, 0) is 19.0 Å². The lowest BCUT2D eigenvalue weighted by Crippen LogP contribution is -2.33. The van der Waals surface area contributed by atoms with Gasteiger partial charge in [0, 0.05) is 53.1 Å². The SMILES string of the molecule is CC(C)(C)OC(=O)[C@H]1CC[C@H](c2cc(N(COCC[Si](C)(C)C)COCC[Si](C)(C)C)n3nccc3n2)CC1. The summed E-state index contributed by atoms with van der Waals surface area (Å²) in [6.45, 7) is 22.4. The van der Waals surface area contributed by atoms with Gasteiger partial charge in [0.1, 0.15) is 24.9 Å². The predicted molar refractivity (Wildman–Crippen MR) is 164 cm³/mol. The minimum absolute atomic E-state index is 0.0327. The quantitative estimate of drug-likeness (QED) is 0.113. The zero-order chi connectivity index (χ0) is 28.8. The van der Waals surface area contributed by atoms with Crippen LogP contribution in [0.4, 0.5) is 5.82 Å². The molecule has 0 saturated heterocycles. The van der Waals surface area contributed by atoms with Crippen molar-refractivity contribution in [2.24, 2.45) is 5.92 Å². The number of aromatic nitrogens is 3. The van der Waals surface area contributed by atoms with Crippen molar-refractivity contribution in [2.75, 3.05) is 31.6 Å². The number of hydrogen-bond acceptors (Lipinski definition) is 7. The number of rotatable bonds is 13. The number of nitrogens with zero attached hydrogens (tertiary/aromatic N) is 4. The molecule has 1 aliphatic carbocycles. The van der Waals surface area contributed by atoms with Gasteiger partial charge in [0.25, 0.3) is 0 Å². The maximum absolute atomic E-state index is 12.6. The van der Waals surface area contributed by atoms with Crippen molar-refractivity contribution < 1.29 is 19.0 Å². The highest BCUT2D eigenvalue weighted by Crippen LogP contribution is 2.37. The summed E-state index contributed by atoms with van der Waals surface area (Å²) < 4.78 is 19.9. The zero-order valence-electron chi connectivity index (χ0n) is 25.9. The number of carbonyl (C=O) groups excluding carboxylic acids is 1. The zero-order valence-corrected chi connectivity index (χ0v) is 27.9. The van der Waals surface area contributed by atoms with E-state index in [2.05, 4.69) is 55.3 Å². The molecule has 0 unspecified atom stereocenters. The molecule has 0 aliphatic heterocycles. The Morgan fingerprint density at radius 2 is 1.54 bits per heavy atom. The molecule has 1 aliphatic rings. The van der Waals surface area contributed by atoms with Gasteiger partial charge in [-0.2, -0.15) is 9.61 Å². The lowest BCUT2D eigenvalue weighted by molar-refractivity contribution is -0.161. The molecule has 0 aromatic carbocycles. The van der Waals surface area contributed by atoms with Crippen LogP contribution in [0.5, 0.6) is 0 Å². The summed E-state index contributed by atoms with van der Waals surface area (Å²) in [5, 5.41) is 4.58. The van der Waals surface area contributed by atoms with Crippen LogP contribution in [0.15, 0.2) is 18.3 Å². The number of carbonyl (C=O) groups is 1. The monoisotopic (exact) mass is 576 g/mol. The van der Waals surface area contributed by atoms with Gasteiger partial charge in [-0.15, -0.1) is 0 Å². The van der Waals surface area contributed by atoms with Gasteiger partial charge < -0.3 is 19.1 Å². The molecule has 8 nitrogen and oxygen atoms in total. The van der Waals surface area contributed by atoms with Crippen molar-refractivity contribution in [3.8, 4) is 0 Å². The summed E-state index contributed by atoms with van der Waals surface area (Å²) in [5.74, 6) is 1.13. The molecule has 1 saturated carbocycles. The van der Waals surface area contributed by atoms with Gasteiger partial charge in [-0.05, 0) is 58.5 Å². The summed E-state index contributed by atoms with van der Waals surface area (Å²) in [7, 11) is -2.37. The third-order valence-electron chi connectivity index (χ3n) is 7.06. The predicted octanol–water partition coefficient (Wildman–Crippen LogP) is 6.78. The molecule has 3 rings (SSSR count). The molecule has 2 heterocycles. The topological polar surface area (TPSA) is 78.2 Å². The highest BCUT2D eigenvalue weighted by Gasteiger charge is 2.31. The van der Waals surface area contributed by atoms with E-state index in [1.54, 1.807) is 6.20 Å². The third kappa shape index (κ3) is 10.6. The first-order valence-electron chi connectivity index (χ1n) is 14.6. The lowest BCUT2D eigenvalue weighted by atomic mass is 9.80. The number of hydrogen-bond donors (Lipinski definition) is 0. The minimum Gasteiger partial charge on any atom is -0.460 e. The number of fused-ring (bicyclic) bond motifs is 1. The number of ether oxygens (including phenoxy) is 3. The van der Waals surface area contributed by atoms with Crippen molar-refractivity contribution in [3.63, 3.8) is 0 Å². The Hall–Kier alpha value is -1.76. The van der Waals surface area contributed by atoms with E-state index >= 15 is 0 Å². The first-order valence-corrected chi connectivity index (χ1v) is 22.0. The van der Waals surface area contributed by atoms with Crippen molar-refractivity contribution in [2.45, 2.75) is 109 Å². The van der Waals surface area contributed by atoms with Gasteiger partial charge in [0.2, 0.25) is 0 Å². The van der Waals surface area contributed by atoms with Gasteiger partial charge in [-0.1, -0.05) is 39.3 Å². The van der Waals surface area contributed by atoms with E-state index in [0.29, 0.717) is 19.4 Å². The molecule has 0 N–H and O–H groups in total. The molecule has 2 aromatic rings. The molecule has 0 spiro atoms. The smallest absolute Gasteiger partial charge is 0.309 e. The fourth-order valence-electron chi connectivity index (χ4n) is 4.64. The lowest BCUT2D eigenvalue weighted by Gasteiger charge is -2.30. The maximum atomic E-state index is 12.6. The third-order valence-corrected chi connectivity index (χ3v) is 10.5. The van der Waals surface area contributed by atoms with Crippen molar-refractivity contribution in [1.29, 1.82) is 0 Å². The maximum Gasteiger partial charge on any atom is 0.309 e. The molecule has 39 heavy (non-hydrogen) atoms. The fourth-order valence-corrected chi connectivity index (χ4v) is 6.15. The van der Waals surface area contributed by atoms with Crippen LogP contribution < -0.4 is 4.90 Å². The molecule has 220 valence electrons. The molecule has 2 aromatic heterocycles. The molecule has 1 fully saturated rings. The molecule has 0 atom stereocenters. The van der Waals surface area contributed by atoms with Crippen LogP contribution in [-0.4, -0.2) is 69.0 Å². The summed E-state index contributed by atoms with van der Waals surface area (Å²) in [5.41, 5.74) is 1.43. The molecule has 0 radical (unpaired) electrons. The Morgan fingerprint density at radius 1 is 0.974 bits per heavy atom. The van der Waals surface area contributed by atoms with E-state index in [9.17, 15) is 4.79 Å². The second kappa shape index (κ2) is 13.3. The second-order valence-electron chi connectivity index (χ2n) is 14.5. The molecule has 0 bridgehead atoms. The van der Waals surface area contributed by atoms with Gasteiger partial charge in [-0.3, -0.25) is 4.79 Å². The van der Waals surface area contributed by atoms with E-state index in [4.69, 9.17) is 19.2 Å². The van der Waals surface area contributed by atoms with Crippen LogP contribution in [0.3, 0.4) is 0 Å². The Kier molecular flexibility index (Phi) is 10.8. The average Bonchev–Trinajstić information content (AvgIpc) is 3.29. The van der Waals surface area contributed by atoms with Gasteiger partial charge in [0.15, 0.2) is 5.65 Å². The summed E-state index contributed by atoms with van der Waals surface area (Å²) in [6.07, 6.45) is 5.28. The summed E-state index contributed by atoms with van der Waals surface area (Å²) in [6, 6.07) is 6.35. The van der Waals surface area contributed by atoms with Crippen LogP contribution in [0.2, 0.25) is 51.4 Å². The van der Waals surface area contributed by atoms with E-state index in [1.807, 2.05) is 31.4 Å². The summed E-state index contributed by atoms with van der Waals surface area (Å²) >= 11 is 0. The van der Waals surface area contributed by atoms with E-state index in [-0.39, 0.29) is 11.9 Å². The first-order chi connectivity index (χ1) is 18.1. The van der Waals surface area contributed by atoms with Gasteiger partial charge >= 0.3 is 5.97 Å². The van der Waals surface area contributed by atoms with Crippen LogP contribution in [0, 0.1) is 5.92 Å². The van der Waals surface area contributed by atoms with E-state index in [1.165, 1.54) is 0 Å². The van der Waals surface area contributed by atoms with Gasteiger partial charge in [-0.25, -0.2) is 4.98 Å². The van der Waals surface area contributed by atoms with Crippen LogP contribution in [0.25, 0.3) is 5.65 Å². The Morgan fingerprint density at radius 3 is 2.05 bits per heavy atom. The average molecular weight is 577 g/mol. The number of esters is 1. The van der Waals surface area contributed by atoms with E-state index < -0.39 is 21.7 Å². The Labute approximate surface area is 237 Å². The highest BCUT2D eigenvalue weighted by atomic mass is 28.3. The Bertz CT molecular complexity index is 1040. The number of anilines is 1. The standard InChI is InChI=1S/C29H52N4O4Si2/c1-29(2,3)37-28(34)24-12-10-23(11-13-24)25-20-27(33-26(31-25)14-15-30-33)32(21-35-16-18-38(4,5)6)22-36-17-19-39(7,8)9/h14-15,20,23-24H,10-13,16-19,21-22H2,1-9H3/t23-,24-. The van der Waals surface area contributed by atoms with Crippen molar-refractivity contribution in [1.82, 2.24) is 14.6 Å². The van der Waals surface area contributed by atoms with Crippen molar-refractivity contribution in [3.05, 3.63) is 24.0 Å². The first kappa shape index (κ1) is 31.8. The molecule has 10 heteroatoms. The largest absolute Gasteiger partial charge is 0.460 e. The van der Waals surface area contributed by atoms with E-state index in [0.717, 1.165) is 68.1 Å². The molecular weight excluding hydrogens is 525 g/mol. The Balaban J connectivity index is 1.76. The normalized spacial score (nSPS) is 18.9. The van der Waals surface area contributed by atoms with Crippen LogP contribution >= 0.6 is 0 Å². The van der Waals surface area contributed by atoms with Gasteiger partial charge in [0.05, 0.1) is 12.1 Å². The van der Waals surface area contributed by atoms with Crippen LogP contribution in [0.1, 0.15) is 58.1 Å².